The molecule has 0 aliphatic rings. The van der Waals surface area contributed by atoms with Crippen molar-refractivity contribution in [1.29, 1.82) is 0 Å². The summed E-state index contributed by atoms with van der Waals surface area (Å²) in [5.41, 5.74) is 1.08. The summed E-state index contributed by atoms with van der Waals surface area (Å²) in [6.45, 7) is 2.32. The first-order chi connectivity index (χ1) is 9.52. The molecule has 0 heterocycles. The lowest BCUT2D eigenvalue weighted by atomic mass is 10.2. The molecule has 0 unspecified atom stereocenters. The number of rotatable bonds is 3. The van der Waals surface area contributed by atoms with Crippen LogP contribution in [0.25, 0.3) is 0 Å². The second-order valence-electron chi connectivity index (χ2n) is 4.15. The van der Waals surface area contributed by atoms with Crippen LogP contribution < -0.4 is 4.90 Å². The van der Waals surface area contributed by atoms with Gasteiger partial charge in [0.15, 0.2) is 0 Å². The van der Waals surface area contributed by atoms with E-state index < -0.39 is 0 Å². The van der Waals surface area contributed by atoms with Gasteiger partial charge in [-0.25, -0.2) is 4.39 Å². The van der Waals surface area contributed by atoms with Crippen molar-refractivity contribution in [1.82, 2.24) is 0 Å². The summed E-state index contributed by atoms with van der Waals surface area (Å²) < 4.78 is 14.8. The van der Waals surface area contributed by atoms with E-state index in [1.54, 1.807) is 24.3 Å². The van der Waals surface area contributed by atoms with Crippen molar-refractivity contribution in [2.45, 2.75) is 6.92 Å². The molecule has 0 fully saturated rings. The van der Waals surface area contributed by atoms with Gasteiger partial charge in [0, 0.05) is 21.2 Å². The second kappa shape index (κ2) is 6.50. The molecule has 0 N–H and O–H groups in total. The van der Waals surface area contributed by atoms with Crippen LogP contribution in [-0.2, 0) is 0 Å². The summed E-state index contributed by atoms with van der Waals surface area (Å²) in [4.78, 5) is 14.2. The fourth-order valence-electron chi connectivity index (χ4n) is 1.89. The van der Waals surface area contributed by atoms with Gasteiger partial charge in [-0.1, -0.05) is 22.0 Å². The van der Waals surface area contributed by atoms with Gasteiger partial charge in [0.25, 0.3) is 5.91 Å². The molecule has 0 aliphatic heterocycles. The average molecular weight is 401 g/mol. The summed E-state index contributed by atoms with van der Waals surface area (Å²) in [5, 5.41) is 0. The van der Waals surface area contributed by atoms with Gasteiger partial charge >= 0.3 is 0 Å². The van der Waals surface area contributed by atoms with Crippen LogP contribution in [0.1, 0.15) is 17.3 Å². The van der Waals surface area contributed by atoms with E-state index in [9.17, 15) is 9.18 Å². The maximum Gasteiger partial charge on any atom is 0.259 e. The van der Waals surface area contributed by atoms with Gasteiger partial charge < -0.3 is 4.90 Å². The lowest BCUT2D eigenvalue weighted by Crippen LogP contribution is -2.31. The van der Waals surface area contributed by atoms with Crippen molar-refractivity contribution in [3.63, 3.8) is 0 Å². The molecule has 2 rings (SSSR count). The zero-order valence-electron chi connectivity index (χ0n) is 10.7. The molecular formula is C15H12Br2FNO. The molecule has 2 nitrogen and oxygen atoms in total. The number of amides is 1. The lowest BCUT2D eigenvalue weighted by molar-refractivity contribution is 0.0987. The van der Waals surface area contributed by atoms with Gasteiger partial charge in [-0.2, -0.15) is 0 Å². The molecule has 20 heavy (non-hydrogen) atoms. The number of hydrogen-bond donors (Lipinski definition) is 0. The smallest absolute Gasteiger partial charge is 0.259 e. The zero-order chi connectivity index (χ0) is 14.7. The molecule has 0 spiro atoms. The minimum Gasteiger partial charge on any atom is -0.309 e. The number of hydrogen-bond acceptors (Lipinski definition) is 1. The molecule has 1 amide bonds. The number of carbonyl (C=O) groups excluding carboxylic acids is 1. The fourth-order valence-corrected chi connectivity index (χ4v) is 2.67. The highest BCUT2D eigenvalue weighted by molar-refractivity contribution is 9.11. The van der Waals surface area contributed by atoms with Crippen LogP contribution in [0.15, 0.2) is 51.4 Å². The molecule has 104 valence electrons. The van der Waals surface area contributed by atoms with Gasteiger partial charge in [0.05, 0.1) is 5.56 Å². The Balaban J connectivity index is 2.41. The first kappa shape index (κ1) is 15.2. The summed E-state index contributed by atoms with van der Waals surface area (Å²) in [5.74, 6) is -0.534. The molecule has 0 radical (unpaired) electrons. The highest BCUT2D eigenvalue weighted by Gasteiger charge is 2.19. The first-order valence-corrected chi connectivity index (χ1v) is 7.64. The van der Waals surface area contributed by atoms with E-state index >= 15 is 0 Å². The van der Waals surface area contributed by atoms with Crippen LogP contribution in [-0.4, -0.2) is 12.5 Å². The Labute approximate surface area is 133 Å². The minimum atomic E-state index is -0.359. The van der Waals surface area contributed by atoms with E-state index in [1.807, 2.05) is 13.0 Å². The molecule has 0 saturated carbocycles. The largest absolute Gasteiger partial charge is 0.309 e. The normalized spacial score (nSPS) is 10.4. The van der Waals surface area contributed by atoms with Crippen LogP contribution in [0, 0.1) is 5.82 Å². The SMILES string of the molecule is CCN(C(=O)c1cc(Br)ccc1Br)c1cccc(F)c1. The van der Waals surface area contributed by atoms with E-state index in [4.69, 9.17) is 0 Å². The van der Waals surface area contributed by atoms with Crippen molar-refractivity contribution in [3.05, 3.63) is 62.8 Å². The molecule has 0 bridgehead atoms. The van der Waals surface area contributed by atoms with Gasteiger partial charge in [0.1, 0.15) is 5.82 Å². The molecule has 5 heteroatoms. The van der Waals surface area contributed by atoms with Gasteiger partial charge in [-0.15, -0.1) is 0 Å². The standard InChI is InChI=1S/C15H12Br2FNO/c1-2-19(12-5-3-4-11(18)9-12)15(20)13-8-10(16)6-7-14(13)17/h3-9H,2H2,1H3. The van der Waals surface area contributed by atoms with E-state index in [0.29, 0.717) is 22.3 Å². The number of nitrogens with zero attached hydrogens (tertiary/aromatic N) is 1. The summed E-state index contributed by atoms with van der Waals surface area (Å²) in [7, 11) is 0. The quantitative estimate of drug-likeness (QED) is 0.708. The van der Waals surface area contributed by atoms with Crippen molar-refractivity contribution < 1.29 is 9.18 Å². The van der Waals surface area contributed by atoms with Crippen molar-refractivity contribution in [3.8, 4) is 0 Å². The summed E-state index contributed by atoms with van der Waals surface area (Å²) in [6.07, 6.45) is 0. The highest BCUT2D eigenvalue weighted by Crippen LogP contribution is 2.25. The summed E-state index contributed by atoms with van der Waals surface area (Å²) >= 11 is 6.73. The maximum absolute atomic E-state index is 13.3. The molecule has 2 aromatic carbocycles. The number of carbonyl (C=O) groups is 1. The van der Waals surface area contributed by atoms with E-state index in [-0.39, 0.29) is 11.7 Å². The van der Waals surface area contributed by atoms with Crippen molar-refractivity contribution >= 4 is 43.5 Å². The predicted octanol–water partition coefficient (Wildman–Crippen LogP) is 5.02. The zero-order valence-corrected chi connectivity index (χ0v) is 13.9. The molecular weight excluding hydrogens is 389 g/mol. The Morgan fingerprint density at radius 2 is 1.95 bits per heavy atom. The predicted molar refractivity (Wildman–Crippen MR) is 85.6 cm³/mol. The monoisotopic (exact) mass is 399 g/mol. The molecule has 0 aliphatic carbocycles. The number of anilines is 1. The van der Waals surface area contributed by atoms with Crippen LogP contribution in [0.2, 0.25) is 0 Å². The van der Waals surface area contributed by atoms with Gasteiger partial charge in [-0.05, 0) is 59.3 Å². The Kier molecular flexibility index (Phi) is 4.94. The van der Waals surface area contributed by atoms with Gasteiger partial charge in [-0.3, -0.25) is 4.79 Å². The molecule has 0 aromatic heterocycles. The number of halogens is 3. The van der Waals surface area contributed by atoms with Gasteiger partial charge in [0.2, 0.25) is 0 Å². The summed E-state index contributed by atoms with van der Waals surface area (Å²) in [6, 6.07) is 11.4. The first-order valence-electron chi connectivity index (χ1n) is 6.05. The Bertz CT molecular complexity index is 646. The molecule has 2 aromatic rings. The van der Waals surface area contributed by atoms with Crippen molar-refractivity contribution in [2.75, 3.05) is 11.4 Å². The third-order valence-corrected chi connectivity index (χ3v) is 4.02. The second-order valence-corrected chi connectivity index (χ2v) is 5.92. The van der Waals surface area contributed by atoms with Crippen LogP contribution >= 0.6 is 31.9 Å². The Hall–Kier alpha value is -1.20. The van der Waals surface area contributed by atoms with Crippen LogP contribution in [0.5, 0.6) is 0 Å². The molecule has 0 saturated heterocycles. The average Bonchev–Trinajstić information content (AvgIpc) is 2.42. The van der Waals surface area contributed by atoms with Crippen LogP contribution in [0.4, 0.5) is 10.1 Å². The Morgan fingerprint density at radius 3 is 2.60 bits per heavy atom. The number of benzene rings is 2. The third-order valence-electron chi connectivity index (χ3n) is 2.84. The lowest BCUT2D eigenvalue weighted by Gasteiger charge is -2.22. The topological polar surface area (TPSA) is 20.3 Å². The fraction of sp³-hybridized carbons (Fsp3) is 0.133. The Morgan fingerprint density at radius 1 is 1.20 bits per heavy atom. The maximum atomic E-state index is 13.3. The highest BCUT2D eigenvalue weighted by atomic mass is 79.9. The van der Waals surface area contributed by atoms with E-state index in [0.717, 1.165) is 4.47 Å². The van der Waals surface area contributed by atoms with E-state index in [2.05, 4.69) is 31.9 Å². The van der Waals surface area contributed by atoms with Crippen molar-refractivity contribution in [2.24, 2.45) is 0 Å². The minimum absolute atomic E-state index is 0.175. The van der Waals surface area contributed by atoms with E-state index in [1.165, 1.54) is 17.0 Å². The molecule has 0 atom stereocenters. The third kappa shape index (κ3) is 3.27. The van der Waals surface area contributed by atoms with Crippen LogP contribution in [0.3, 0.4) is 0 Å².